The van der Waals surface area contributed by atoms with Crippen LogP contribution in [0.25, 0.3) is 33.5 Å². The lowest BCUT2D eigenvalue weighted by atomic mass is 9.94. The summed E-state index contributed by atoms with van der Waals surface area (Å²) in [6.45, 7) is 16.6. The fourth-order valence-corrected chi connectivity index (χ4v) is 9.75. The fraction of sp³-hybridized carbons (Fsp3) is 0.458. The van der Waals surface area contributed by atoms with Crippen molar-refractivity contribution in [1.29, 1.82) is 0 Å². The number of aromatic amines is 1. The van der Waals surface area contributed by atoms with Crippen molar-refractivity contribution < 1.29 is 28.4 Å². The van der Waals surface area contributed by atoms with Gasteiger partial charge < -0.3 is 29.7 Å². The van der Waals surface area contributed by atoms with Crippen LogP contribution in [-0.2, 0) is 16.8 Å². The van der Waals surface area contributed by atoms with Crippen molar-refractivity contribution >= 4 is 40.3 Å². The summed E-state index contributed by atoms with van der Waals surface area (Å²) in [5, 5.41) is 25.2. The highest BCUT2D eigenvalue weighted by Crippen LogP contribution is 2.37. The first-order valence-electron chi connectivity index (χ1n) is 22.8. The summed E-state index contributed by atoms with van der Waals surface area (Å²) in [4.78, 5) is 60.2. The minimum atomic E-state index is -0.692. The molecule has 66 heavy (non-hydrogen) atoms. The molecule has 4 aromatic heterocycles. The van der Waals surface area contributed by atoms with Gasteiger partial charge in [-0.25, -0.2) is 19.2 Å². The van der Waals surface area contributed by atoms with Crippen LogP contribution in [0.15, 0.2) is 53.3 Å². The SMILES string of the molecule is Cc1nn(C2CCN(CC3CCN(c4ccc(N5CCC(=O)NC5=O)cc4)CC3)CC2)c(C)c1-c1cc2c(-c3cc(CO)c(C(C)NC(=O)c4nc(C(C)(C)C)no4)cc3F)ncnc2[nH]1. The number of hydrogen-bond acceptors (Lipinski definition) is 12. The molecule has 7 heterocycles. The Hall–Kier alpha value is -6.53. The van der Waals surface area contributed by atoms with Crippen LogP contribution in [-0.4, -0.2) is 102 Å². The number of likely N-dealkylation sites (tertiary alicyclic amines) is 1. The number of carbonyl (C=O) groups is 3. The second-order valence-corrected chi connectivity index (χ2v) is 18.9. The molecule has 0 spiro atoms. The van der Waals surface area contributed by atoms with Crippen molar-refractivity contribution in [1.82, 2.24) is 50.4 Å². The van der Waals surface area contributed by atoms with E-state index in [1.807, 2.05) is 45.9 Å². The van der Waals surface area contributed by atoms with Gasteiger partial charge in [-0.05, 0) is 106 Å². The Morgan fingerprint density at radius 1 is 0.985 bits per heavy atom. The number of rotatable bonds is 11. The van der Waals surface area contributed by atoms with Crippen molar-refractivity contribution in [3.05, 3.63) is 88.8 Å². The van der Waals surface area contributed by atoms with Gasteiger partial charge in [-0.2, -0.15) is 10.1 Å². The number of benzene rings is 2. The number of aromatic nitrogens is 7. The number of fused-ring (bicyclic) bond motifs is 1. The third-order valence-corrected chi connectivity index (χ3v) is 13.4. The predicted octanol–water partition coefficient (Wildman–Crippen LogP) is 6.91. The summed E-state index contributed by atoms with van der Waals surface area (Å²) in [6, 6.07) is 12.1. The minimum Gasteiger partial charge on any atom is -0.392 e. The first-order chi connectivity index (χ1) is 31.6. The molecule has 3 fully saturated rings. The van der Waals surface area contributed by atoms with Gasteiger partial charge in [0.05, 0.1) is 35.8 Å². The van der Waals surface area contributed by atoms with Crippen LogP contribution in [0, 0.1) is 25.6 Å². The summed E-state index contributed by atoms with van der Waals surface area (Å²) in [5.74, 6) is -0.576. The van der Waals surface area contributed by atoms with Gasteiger partial charge in [-0.15, -0.1) is 0 Å². The molecule has 3 aliphatic rings. The van der Waals surface area contributed by atoms with E-state index in [9.17, 15) is 19.5 Å². The van der Waals surface area contributed by atoms with Gasteiger partial charge in [0, 0.05) is 84.7 Å². The first kappa shape index (κ1) is 44.7. The average molecular weight is 901 g/mol. The predicted molar refractivity (Wildman–Crippen MR) is 246 cm³/mol. The number of aryl methyl sites for hydroxylation is 1. The highest BCUT2D eigenvalue weighted by molar-refractivity contribution is 6.05. The van der Waals surface area contributed by atoms with E-state index >= 15 is 4.39 Å². The first-order valence-corrected chi connectivity index (χ1v) is 22.8. The van der Waals surface area contributed by atoms with Crippen LogP contribution in [0.1, 0.15) is 111 Å². The van der Waals surface area contributed by atoms with Crippen LogP contribution in [0.5, 0.6) is 0 Å². The van der Waals surface area contributed by atoms with Crippen LogP contribution < -0.4 is 20.4 Å². The molecule has 18 heteroatoms. The number of aliphatic hydroxyl groups excluding tert-OH is 1. The Kier molecular flexibility index (Phi) is 12.2. The second-order valence-electron chi connectivity index (χ2n) is 18.9. The molecule has 3 saturated heterocycles. The molecule has 9 rings (SSSR count). The zero-order valence-electron chi connectivity index (χ0n) is 38.3. The number of urea groups is 1. The average Bonchev–Trinajstić information content (AvgIpc) is 4.05. The van der Waals surface area contributed by atoms with Crippen molar-refractivity contribution in [2.24, 2.45) is 5.92 Å². The molecule has 0 aliphatic carbocycles. The topological polar surface area (TPSA) is 204 Å². The summed E-state index contributed by atoms with van der Waals surface area (Å²) >= 11 is 0. The number of carbonyl (C=O) groups excluding carboxylic acids is 3. The molecule has 1 unspecified atom stereocenters. The number of amides is 4. The number of hydrogen-bond donors (Lipinski definition) is 4. The van der Waals surface area contributed by atoms with E-state index in [0.29, 0.717) is 52.6 Å². The van der Waals surface area contributed by atoms with E-state index in [0.717, 1.165) is 92.4 Å². The molecule has 0 radical (unpaired) electrons. The monoisotopic (exact) mass is 900 g/mol. The third-order valence-electron chi connectivity index (χ3n) is 13.4. The largest absolute Gasteiger partial charge is 0.392 e. The van der Waals surface area contributed by atoms with Crippen LogP contribution in [0.2, 0.25) is 0 Å². The van der Waals surface area contributed by atoms with Gasteiger partial charge in [-0.3, -0.25) is 24.5 Å². The smallest absolute Gasteiger partial charge is 0.328 e. The third kappa shape index (κ3) is 8.90. The second kappa shape index (κ2) is 18.0. The Morgan fingerprint density at radius 2 is 1.71 bits per heavy atom. The van der Waals surface area contributed by atoms with Crippen molar-refractivity contribution in [2.75, 3.05) is 49.1 Å². The maximum Gasteiger partial charge on any atom is 0.328 e. The summed E-state index contributed by atoms with van der Waals surface area (Å²) in [6.07, 6.45) is 5.94. The summed E-state index contributed by atoms with van der Waals surface area (Å²) < 4.78 is 23.5. The Morgan fingerprint density at radius 3 is 2.39 bits per heavy atom. The Bertz CT molecular complexity index is 2780. The zero-order chi connectivity index (χ0) is 46.4. The number of aliphatic hydroxyl groups is 1. The van der Waals surface area contributed by atoms with E-state index in [1.54, 1.807) is 17.9 Å². The van der Waals surface area contributed by atoms with E-state index < -0.39 is 29.8 Å². The molecule has 3 aliphatic heterocycles. The highest BCUT2D eigenvalue weighted by Gasteiger charge is 2.30. The molecule has 2 aromatic carbocycles. The van der Waals surface area contributed by atoms with E-state index in [2.05, 4.69) is 69.3 Å². The fourth-order valence-electron chi connectivity index (χ4n) is 9.75. The normalized spacial score (nSPS) is 17.5. The van der Waals surface area contributed by atoms with Gasteiger partial charge >= 0.3 is 17.8 Å². The maximum absolute atomic E-state index is 16.2. The number of H-pyrrole nitrogens is 1. The molecular weight excluding hydrogens is 844 g/mol. The van der Waals surface area contributed by atoms with Crippen molar-refractivity contribution in [3.8, 4) is 22.5 Å². The zero-order valence-corrected chi connectivity index (χ0v) is 38.3. The Balaban J connectivity index is 0.828. The van der Waals surface area contributed by atoms with Gasteiger partial charge in [-0.1, -0.05) is 25.9 Å². The number of imide groups is 1. The minimum absolute atomic E-state index is 0.197. The molecule has 1 atom stereocenters. The lowest BCUT2D eigenvalue weighted by Crippen LogP contribution is -2.49. The quantitative estimate of drug-likeness (QED) is 0.105. The molecule has 0 bridgehead atoms. The molecule has 6 aromatic rings. The molecule has 0 saturated carbocycles. The lowest BCUT2D eigenvalue weighted by Gasteiger charge is -2.38. The number of halogens is 1. The Labute approximate surface area is 382 Å². The van der Waals surface area contributed by atoms with Crippen LogP contribution in [0.4, 0.5) is 20.6 Å². The lowest BCUT2D eigenvalue weighted by molar-refractivity contribution is -0.120. The van der Waals surface area contributed by atoms with Gasteiger partial charge in [0.25, 0.3) is 0 Å². The number of anilines is 2. The van der Waals surface area contributed by atoms with Crippen molar-refractivity contribution in [2.45, 2.75) is 97.8 Å². The van der Waals surface area contributed by atoms with Gasteiger partial charge in [0.15, 0.2) is 5.82 Å². The molecule has 4 N–H and O–H groups in total. The standard InChI is InChI=1S/C48H57FN12O5/c1-27(52-44(64)45-55-46(57-66-45)48(4,5)6)35-22-38(49)36(21-31(35)25-62)42-37-23-39(53-43(37)51-26-50-42)41-28(2)56-61(29(41)3)34-13-16-58(17-14-34)24-30-11-18-59(19-12-30)32-7-9-33(10-8-32)60-20-15-40(63)54-47(60)65/h7-10,21-23,26-27,30,34,62H,11-20,24-25H2,1-6H3,(H,52,64)(H,50,51,53)(H,54,63,65). The summed E-state index contributed by atoms with van der Waals surface area (Å²) in [5.41, 5.74) is 7.21. The summed E-state index contributed by atoms with van der Waals surface area (Å²) in [7, 11) is 0. The van der Waals surface area contributed by atoms with E-state index in [-0.39, 0.29) is 29.4 Å². The number of piperidine rings is 2. The molecule has 17 nitrogen and oxygen atoms in total. The molecule has 346 valence electrons. The van der Waals surface area contributed by atoms with Crippen molar-refractivity contribution in [3.63, 3.8) is 0 Å². The number of nitrogens with zero attached hydrogens (tertiary/aromatic N) is 9. The maximum atomic E-state index is 16.2. The molecule has 4 amide bonds. The van der Waals surface area contributed by atoms with E-state index in [1.165, 1.54) is 12.4 Å². The van der Waals surface area contributed by atoms with Gasteiger partial charge in [0.1, 0.15) is 17.8 Å². The highest BCUT2D eigenvalue weighted by atomic mass is 19.1. The van der Waals surface area contributed by atoms with Crippen LogP contribution >= 0.6 is 0 Å². The van der Waals surface area contributed by atoms with E-state index in [4.69, 9.17) is 9.62 Å². The number of nitrogens with one attached hydrogen (secondary N) is 3. The van der Waals surface area contributed by atoms with Crippen LogP contribution in [0.3, 0.4) is 0 Å². The van der Waals surface area contributed by atoms with Gasteiger partial charge in [0.2, 0.25) is 5.91 Å². The molecular formula is C48H57FN12O5.